The van der Waals surface area contributed by atoms with Gasteiger partial charge in [0.15, 0.2) is 6.17 Å². The zero-order valence-corrected chi connectivity index (χ0v) is 12.4. The van der Waals surface area contributed by atoms with E-state index in [9.17, 15) is 14.0 Å². The largest absolute Gasteiger partial charge is 0.465 e. The Morgan fingerprint density at radius 3 is 2.33 bits per heavy atom. The average Bonchev–Trinajstić information content (AvgIpc) is 2.52. The molecule has 0 saturated carbocycles. The quantitative estimate of drug-likeness (QED) is 0.596. The Kier molecular flexibility index (Phi) is 6.09. The van der Waals surface area contributed by atoms with Crippen molar-refractivity contribution in [3.63, 3.8) is 0 Å². The number of ether oxygens (including phenoxy) is 2. The highest BCUT2D eigenvalue weighted by Crippen LogP contribution is 2.26. The highest BCUT2D eigenvalue weighted by Gasteiger charge is 2.23. The second-order valence-electron chi connectivity index (χ2n) is 4.63. The van der Waals surface area contributed by atoms with Crippen LogP contribution in [0.5, 0.6) is 0 Å². The van der Waals surface area contributed by atoms with Gasteiger partial charge in [0.05, 0.1) is 24.4 Å². The summed E-state index contributed by atoms with van der Waals surface area (Å²) >= 11 is 0. The van der Waals surface area contributed by atoms with Crippen molar-refractivity contribution in [3.05, 3.63) is 47.5 Å². The van der Waals surface area contributed by atoms with Crippen molar-refractivity contribution < 1.29 is 23.5 Å². The zero-order valence-electron chi connectivity index (χ0n) is 12.4. The maximum Gasteiger partial charge on any atom is 0.337 e. The Bertz CT molecular complexity index is 522. The van der Waals surface area contributed by atoms with Crippen LogP contribution in [0.25, 0.3) is 0 Å². The summed E-state index contributed by atoms with van der Waals surface area (Å²) in [6, 6.07) is 5.69. The second-order valence-corrected chi connectivity index (χ2v) is 4.63. The van der Waals surface area contributed by atoms with E-state index in [1.54, 1.807) is 6.92 Å². The Labute approximate surface area is 123 Å². The fourth-order valence-corrected chi connectivity index (χ4v) is 1.55. The lowest BCUT2D eigenvalue weighted by atomic mass is 10.0. The van der Waals surface area contributed by atoms with Gasteiger partial charge in [-0.1, -0.05) is 25.6 Å². The van der Waals surface area contributed by atoms with Crippen molar-refractivity contribution in [2.24, 2.45) is 0 Å². The van der Waals surface area contributed by atoms with Crippen molar-refractivity contribution in [3.8, 4) is 0 Å². The van der Waals surface area contributed by atoms with Crippen LogP contribution in [0.4, 0.5) is 4.39 Å². The van der Waals surface area contributed by atoms with Crippen molar-refractivity contribution in [1.29, 1.82) is 0 Å². The molecule has 1 rings (SSSR count). The van der Waals surface area contributed by atoms with E-state index >= 15 is 0 Å². The number of methoxy groups -OCH3 is 1. The van der Waals surface area contributed by atoms with Gasteiger partial charge in [0.1, 0.15) is 0 Å². The SMILES string of the molecule is C=C(C(=O)OC(C)CC)C(F)c1ccc(C(=O)OC)cc1. The molecule has 0 radical (unpaired) electrons. The van der Waals surface area contributed by atoms with Crippen LogP contribution in [0.15, 0.2) is 36.4 Å². The maximum atomic E-state index is 14.2. The molecule has 0 bridgehead atoms. The Morgan fingerprint density at radius 2 is 1.86 bits per heavy atom. The number of hydrogen-bond acceptors (Lipinski definition) is 4. The van der Waals surface area contributed by atoms with E-state index in [0.29, 0.717) is 12.0 Å². The summed E-state index contributed by atoms with van der Waals surface area (Å²) < 4.78 is 23.8. The molecule has 1 aromatic rings. The second kappa shape index (κ2) is 7.57. The molecule has 0 heterocycles. The lowest BCUT2D eigenvalue weighted by molar-refractivity contribution is -0.144. The minimum absolute atomic E-state index is 0.230. The molecule has 0 N–H and O–H groups in total. The van der Waals surface area contributed by atoms with E-state index in [1.165, 1.54) is 31.4 Å². The number of esters is 2. The number of benzene rings is 1. The molecule has 4 nitrogen and oxygen atoms in total. The first-order valence-corrected chi connectivity index (χ1v) is 6.62. The third-order valence-corrected chi connectivity index (χ3v) is 3.08. The topological polar surface area (TPSA) is 52.6 Å². The van der Waals surface area contributed by atoms with Crippen LogP contribution in [0.3, 0.4) is 0 Å². The van der Waals surface area contributed by atoms with Gasteiger partial charge in [-0.2, -0.15) is 0 Å². The summed E-state index contributed by atoms with van der Waals surface area (Å²) in [5.41, 5.74) is 0.274. The molecular weight excluding hydrogens is 275 g/mol. The van der Waals surface area contributed by atoms with Gasteiger partial charge in [-0.15, -0.1) is 0 Å². The predicted octanol–water partition coefficient (Wildman–Crippen LogP) is 3.38. The number of carbonyl (C=O) groups is 2. The molecule has 1 aromatic carbocycles. The summed E-state index contributed by atoms with van der Waals surface area (Å²) in [4.78, 5) is 23.0. The number of halogens is 1. The van der Waals surface area contributed by atoms with Crippen LogP contribution in [-0.2, 0) is 14.3 Å². The van der Waals surface area contributed by atoms with Gasteiger partial charge in [0.25, 0.3) is 0 Å². The van der Waals surface area contributed by atoms with Gasteiger partial charge >= 0.3 is 11.9 Å². The maximum absolute atomic E-state index is 14.2. The van der Waals surface area contributed by atoms with Crippen molar-refractivity contribution in [1.82, 2.24) is 0 Å². The van der Waals surface area contributed by atoms with E-state index in [0.717, 1.165) is 0 Å². The van der Waals surface area contributed by atoms with Gasteiger partial charge in [-0.05, 0) is 31.0 Å². The van der Waals surface area contributed by atoms with Gasteiger partial charge in [-0.3, -0.25) is 0 Å². The molecule has 0 fully saturated rings. The van der Waals surface area contributed by atoms with E-state index < -0.39 is 18.1 Å². The monoisotopic (exact) mass is 294 g/mol. The van der Waals surface area contributed by atoms with Crippen LogP contribution in [-0.4, -0.2) is 25.2 Å². The van der Waals surface area contributed by atoms with E-state index in [2.05, 4.69) is 11.3 Å². The van der Waals surface area contributed by atoms with Crippen molar-refractivity contribution in [2.45, 2.75) is 32.5 Å². The molecule has 5 heteroatoms. The predicted molar refractivity (Wildman–Crippen MR) is 76.6 cm³/mol. The Morgan fingerprint density at radius 1 is 1.29 bits per heavy atom. The smallest absolute Gasteiger partial charge is 0.337 e. The van der Waals surface area contributed by atoms with Gasteiger partial charge in [0, 0.05) is 0 Å². The molecule has 0 aliphatic rings. The molecule has 0 aliphatic heterocycles. The molecule has 0 amide bonds. The first kappa shape index (κ1) is 16.9. The van der Waals surface area contributed by atoms with Crippen LogP contribution < -0.4 is 0 Å². The number of carbonyl (C=O) groups excluding carboxylic acids is 2. The summed E-state index contributed by atoms with van der Waals surface area (Å²) in [6.07, 6.45) is -1.32. The third kappa shape index (κ3) is 4.41. The first-order chi connectivity index (χ1) is 9.90. The summed E-state index contributed by atoms with van der Waals surface area (Å²) in [7, 11) is 1.26. The van der Waals surface area contributed by atoms with Crippen LogP contribution >= 0.6 is 0 Å². The summed E-state index contributed by atoms with van der Waals surface area (Å²) in [5, 5.41) is 0. The molecule has 0 spiro atoms. The lowest BCUT2D eigenvalue weighted by Gasteiger charge is -2.15. The summed E-state index contributed by atoms with van der Waals surface area (Å²) in [5.74, 6) is -1.26. The number of rotatable bonds is 6. The van der Waals surface area contributed by atoms with Crippen molar-refractivity contribution >= 4 is 11.9 Å². The lowest BCUT2D eigenvalue weighted by Crippen LogP contribution is -2.17. The number of alkyl halides is 1. The van der Waals surface area contributed by atoms with Crippen LogP contribution in [0, 0.1) is 0 Å². The zero-order chi connectivity index (χ0) is 16.0. The molecule has 0 aliphatic carbocycles. The molecule has 0 aromatic heterocycles. The van der Waals surface area contributed by atoms with E-state index in [-0.39, 0.29) is 17.2 Å². The number of hydrogen-bond donors (Lipinski definition) is 0. The fraction of sp³-hybridized carbons (Fsp3) is 0.375. The molecule has 21 heavy (non-hydrogen) atoms. The van der Waals surface area contributed by atoms with Gasteiger partial charge in [0.2, 0.25) is 0 Å². The Hall–Kier alpha value is -2.17. The minimum Gasteiger partial charge on any atom is -0.465 e. The van der Waals surface area contributed by atoms with E-state index in [4.69, 9.17) is 4.74 Å². The van der Waals surface area contributed by atoms with Crippen LogP contribution in [0.2, 0.25) is 0 Å². The van der Waals surface area contributed by atoms with E-state index in [1.807, 2.05) is 6.92 Å². The van der Waals surface area contributed by atoms with Crippen LogP contribution in [0.1, 0.15) is 42.4 Å². The Balaban J connectivity index is 2.78. The molecule has 0 saturated heterocycles. The molecule has 2 atom stereocenters. The highest BCUT2D eigenvalue weighted by atomic mass is 19.1. The van der Waals surface area contributed by atoms with Gasteiger partial charge in [-0.25, -0.2) is 14.0 Å². The minimum atomic E-state index is -1.67. The molecule has 2 unspecified atom stereocenters. The summed E-state index contributed by atoms with van der Waals surface area (Å²) in [6.45, 7) is 7.04. The third-order valence-electron chi connectivity index (χ3n) is 3.08. The van der Waals surface area contributed by atoms with Gasteiger partial charge < -0.3 is 9.47 Å². The molecule has 114 valence electrons. The average molecular weight is 294 g/mol. The first-order valence-electron chi connectivity index (χ1n) is 6.62. The normalized spacial score (nSPS) is 13.1. The molecular formula is C16H19FO4. The van der Waals surface area contributed by atoms with Crippen molar-refractivity contribution in [2.75, 3.05) is 7.11 Å². The highest BCUT2D eigenvalue weighted by molar-refractivity contribution is 5.90. The standard InChI is InChI=1S/C16H19FO4/c1-5-10(2)21-15(18)11(3)14(17)12-6-8-13(9-7-12)16(19)20-4/h6-10,14H,3,5H2,1-2,4H3. The fourth-order valence-electron chi connectivity index (χ4n) is 1.55.